The number of hydrogen-bond acceptors (Lipinski definition) is 7. The monoisotopic (exact) mass is 476 g/mol. The second kappa shape index (κ2) is 10.1. The standard InChI is InChI=1S/C26H32N6OS/c1-29-11-15-31(16-12-29)23-9-5-20(6-10-23)24-19-34-26(28-24)27-22-7-3-21(4-8-22)25(33)32-17-13-30(2)14-18-32/h3-10,19H,11-18H2,1-2H3,(H,27,28). The Morgan fingerprint density at radius 1 is 0.824 bits per heavy atom. The molecule has 2 aliphatic rings. The first-order valence-corrected chi connectivity index (χ1v) is 12.8. The third kappa shape index (κ3) is 5.24. The minimum Gasteiger partial charge on any atom is -0.369 e. The predicted octanol–water partition coefficient (Wildman–Crippen LogP) is 3.69. The third-order valence-corrected chi connectivity index (χ3v) is 7.47. The summed E-state index contributed by atoms with van der Waals surface area (Å²) in [5.41, 5.74) is 5.03. The van der Waals surface area contributed by atoms with Crippen LogP contribution in [0.15, 0.2) is 53.9 Å². The Morgan fingerprint density at radius 2 is 1.44 bits per heavy atom. The highest BCUT2D eigenvalue weighted by Crippen LogP contribution is 2.29. The van der Waals surface area contributed by atoms with Crippen molar-refractivity contribution in [1.82, 2.24) is 19.7 Å². The van der Waals surface area contributed by atoms with Crippen LogP contribution in [-0.4, -0.2) is 92.0 Å². The topological polar surface area (TPSA) is 55.0 Å². The molecule has 2 saturated heterocycles. The van der Waals surface area contributed by atoms with Crippen LogP contribution < -0.4 is 10.2 Å². The van der Waals surface area contributed by atoms with Gasteiger partial charge in [-0.15, -0.1) is 11.3 Å². The fourth-order valence-electron chi connectivity index (χ4n) is 4.38. The summed E-state index contributed by atoms with van der Waals surface area (Å²) in [6.45, 7) is 7.77. The second-order valence-electron chi connectivity index (χ2n) is 9.17. The molecule has 1 aromatic heterocycles. The molecule has 2 aliphatic heterocycles. The molecule has 2 aromatic carbocycles. The Bertz CT molecular complexity index is 1100. The SMILES string of the molecule is CN1CCN(C(=O)c2ccc(Nc3nc(-c4ccc(N5CCN(C)CC5)cc4)cs3)cc2)CC1. The van der Waals surface area contributed by atoms with E-state index in [0.29, 0.717) is 0 Å². The average molecular weight is 477 g/mol. The average Bonchev–Trinajstić information content (AvgIpc) is 3.34. The summed E-state index contributed by atoms with van der Waals surface area (Å²) in [5, 5.41) is 6.30. The molecule has 178 valence electrons. The molecule has 8 heteroatoms. The lowest BCUT2D eigenvalue weighted by atomic mass is 10.1. The summed E-state index contributed by atoms with van der Waals surface area (Å²) in [4.78, 5) is 26.5. The van der Waals surface area contributed by atoms with Gasteiger partial charge in [0.25, 0.3) is 5.91 Å². The zero-order valence-corrected chi connectivity index (χ0v) is 20.7. The summed E-state index contributed by atoms with van der Waals surface area (Å²) in [5.74, 6) is 0.108. The molecule has 0 unspecified atom stereocenters. The lowest BCUT2D eigenvalue weighted by Gasteiger charge is -2.34. The van der Waals surface area contributed by atoms with Gasteiger partial charge in [0.1, 0.15) is 0 Å². The van der Waals surface area contributed by atoms with Crippen LogP contribution >= 0.6 is 11.3 Å². The van der Waals surface area contributed by atoms with E-state index >= 15 is 0 Å². The molecule has 0 radical (unpaired) electrons. The molecular weight excluding hydrogens is 444 g/mol. The summed E-state index contributed by atoms with van der Waals surface area (Å²) < 4.78 is 0. The van der Waals surface area contributed by atoms with Gasteiger partial charge >= 0.3 is 0 Å². The van der Waals surface area contributed by atoms with E-state index in [1.807, 2.05) is 29.2 Å². The number of rotatable bonds is 5. The number of nitrogens with zero attached hydrogens (tertiary/aromatic N) is 5. The Labute approximate surface area is 205 Å². The maximum absolute atomic E-state index is 12.7. The van der Waals surface area contributed by atoms with E-state index in [-0.39, 0.29) is 5.91 Å². The molecule has 0 spiro atoms. The first kappa shape index (κ1) is 22.8. The Hall–Kier alpha value is -2.94. The maximum Gasteiger partial charge on any atom is 0.253 e. The molecule has 0 saturated carbocycles. The molecule has 1 amide bonds. The Balaban J connectivity index is 1.19. The smallest absolute Gasteiger partial charge is 0.253 e. The minimum atomic E-state index is 0.108. The predicted molar refractivity (Wildman–Crippen MR) is 140 cm³/mol. The molecular formula is C26H32N6OS. The summed E-state index contributed by atoms with van der Waals surface area (Å²) in [6.07, 6.45) is 0. The molecule has 7 nitrogen and oxygen atoms in total. The van der Waals surface area contributed by atoms with Crippen molar-refractivity contribution >= 4 is 33.8 Å². The summed E-state index contributed by atoms with van der Waals surface area (Å²) in [6, 6.07) is 16.4. The van der Waals surface area contributed by atoms with Gasteiger partial charge in [-0.2, -0.15) is 0 Å². The molecule has 3 heterocycles. The van der Waals surface area contributed by atoms with Crippen LogP contribution in [0.2, 0.25) is 0 Å². The van der Waals surface area contributed by atoms with Crippen LogP contribution in [0.1, 0.15) is 10.4 Å². The van der Waals surface area contributed by atoms with Gasteiger partial charge in [-0.05, 0) is 50.5 Å². The molecule has 3 aromatic rings. The van der Waals surface area contributed by atoms with Crippen molar-refractivity contribution in [3.63, 3.8) is 0 Å². The second-order valence-corrected chi connectivity index (χ2v) is 10.0. The largest absolute Gasteiger partial charge is 0.369 e. The molecule has 5 rings (SSSR count). The zero-order valence-electron chi connectivity index (χ0n) is 19.9. The van der Waals surface area contributed by atoms with Crippen molar-refractivity contribution in [3.8, 4) is 11.3 Å². The van der Waals surface area contributed by atoms with Gasteiger partial charge in [-0.25, -0.2) is 4.98 Å². The van der Waals surface area contributed by atoms with Crippen molar-refractivity contribution in [2.75, 3.05) is 76.7 Å². The van der Waals surface area contributed by atoms with E-state index in [4.69, 9.17) is 4.98 Å². The van der Waals surface area contributed by atoms with E-state index in [2.05, 4.69) is 63.8 Å². The lowest BCUT2D eigenvalue weighted by molar-refractivity contribution is 0.0664. The van der Waals surface area contributed by atoms with Gasteiger partial charge in [0.2, 0.25) is 0 Å². The van der Waals surface area contributed by atoms with Gasteiger partial charge in [-0.1, -0.05) is 12.1 Å². The number of aromatic nitrogens is 1. The zero-order chi connectivity index (χ0) is 23.5. The quantitative estimate of drug-likeness (QED) is 0.606. The van der Waals surface area contributed by atoms with E-state index in [1.165, 1.54) is 5.69 Å². The van der Waals surface area contributed by atoms with Gasteiger partial charge < -0.3 is 24.9 Å². The Morgan fingerprint density at radius 3 is 2.09 bits per heavy atom. The van der Waals surface area contributed by atoms with Crippen molar-refractivity contribution in [3.05, 3.63) is 59.5 Å². The van der Waals surface area contributed by atoms with E-state index in [0.717, 1.165) is 80.0 Å². The van der Waals surface area contributed by atoms with Crippen LogP contribution in [0.3, 0.4) is 0 Å². The van der Waals surface area contributed by atoms with Crippen LogP contribution in [0.4, 0.5) is 16.5 Å². The highest BCUT2D eigenvalue weighted by molar-refractivity contribution is 7.14. The normalized spacial score (nSPS) is 17.7. The van der Waals surface area contributed by atoms with Crippen LogP contribution in [-0.2, 0) is 0 Å². The number of piperazine rings is 2. The van der Waals surface area contributed by atoms with Crippen molar-refractivity contribution < 1.29 is 4.79 Å². The highest BCUT2D eigenvalue weighted by Gasteiger charge is 2.20. The number of thiazole rings is 1. The molecule has 2 fully saturated rings. The summed E-state index contributed by atoms with van der Waals surface area (Å²) >= 11 is 1.59. The van der Waals surface area contributed by atoms with Gasteiger partial charge in [0.05, 0.1) is 5.69 Å². The summed E-state index contributed by atoms with van der Waals surface area (Å²) in [7, 11) is 4.27. The van der Waals surface area contributed by atoms with E-state index in [1.54, 1.807) is 11.3 Å². The van der Waals surface area contributed by atoms with Crippen molar-refractivity contribution in [2.24, 2.45) is 0 Å². The number of carbonyl (C=O) groups is 1. The van der Waals surface area contributed by atoms with E-state index in [9.17, 15) is 4.79 Å². The fraction of sp³-hybridized carbons (Fsp3) is 0.385. The molecule has 34 heavy (non-hydrogen) atoms. The molecule has 0 aliphatic carbocycles. The van der Waals surface area contributed by atoms with Crippen LogP contribution in [0.5, 0.6) is 0 Å². The first-order chi connectivity index (χ1) is 16.5. The highest BCUT2D eigenvalue weighted by atomic mass is 32.1. The van der Waals surface area contributed by atoms with Crippen LogP contribution in [0.25, 0.3) is 11.3 Å². The van der Waals surface area contributed by atoms with Crippen LogP contribution in [0, 0.1) is 0 Å². The first-order valence-electron chi connectivity index (χ1n) is 11.9. The third-order valence-electron chi connectivity index (χ3n) is 6.71. The van der Waals surface area contributed by atoms with Gasteiger partial charge in [0.15, 0.2) is 5.13 Å². The fourth-order valence-corrected chi connectivity index (χ4v) is 5.12. The number of amides is 1. The lowest BCUT2D eigenvalue weighted by Crippen LogP contribution is -2.47. The number of likely N-dealkylation sites (N-methyl/N-ethyl adjacent to an activating group) is 2. The Kier molecular flexibility index (Phi) is 6.80. The molecule has 1 N–H and O–H groups in total. The van der Waals surface area contributed by atoms with Crippen molar-refractivity contribution in [1.29, 1.82) is 0 Å². The van der Waals surface area contributed by atoms with Gasteiger partial charge in [-0.3, -0.25) is 4.79 Å². The number of nitrogens with one attached hydrogen (secondary N) is 1. The number of hydrogen-bond donors (Lipinski definition) is 1. The number of anilines is 3. The molecule has 0 atom stereocenters. The molecule has 0 bridgehead atoms. The minimum absolute atomic E-state index is 0.108. The van der Waals surface area contributed by atoms with Crippen molar-refractivity contribution in [2.45, 2.75) is 0 Å². The van der Waals surface area contributed by atoms with E-state index < -0.39 is 0 Å². The number of benzene rings is 2. The number of carbonyl (C=O) groups excluding carboxylic acids is 1. The maximum atomic E-state index is 12.7. The van der Waals surface area contributed by atoms with Gasteiger partial charge in [0, 0.05) is 80.2 Å².